The predicted molar refractivity (Wildman–Crippen MR) is 22.9 cm³/mol. The monoisotopic (exact) mass is 178 g/mol. The van der Waals surface area contributed by atoms with E-state index in [9.17, 15) is 4.57 Å². The van der Waals surface area contributed by atoms with Crippen LogP contribution in [0.15, 0.2) is 0 Å². The molecule has 0 unspecified atom stereocenters. The molecular formula is H4FeLiO5P. The summed E-state index contributed by atoms with van der Waals surface area (Å²) < 4.78 is 11.8. The second kappa shape index (κ2) is 6.31. The normalized spacial score (nSPS) is 8.88. The van der Waals surface area contributed by atoms with Gasteiger partial charge in [0.15, 0.2) is 0 Å². The van der Waals surface area contributed by atoms with E-state index in [0.717, 1.165) is 0 Å². The molecule has 0 aromatic heterocycles. The van der Waals surface area contributed by atoms with Crippen molar-refractivity contribution in [3.63, 3.8) is 0 Å². The fourth-order valence-corrected chi connectivity index (χ4v) is 0. The summed E-state index contributed by atoms with van der Waals surface area (Å²) in [6.07, 6.45) is 0. The molecule has 0 amide bonds. The molecule has 0 saturated heterocycles. The summed E-state index contributed by atoms with van der Waals surface area (Å²) in [6, 6.07) is 0. The van der Waals surface area contributed by atoms with Gasteiger partial charge in [0.1, 0.15) is 0 Å². The average Bonchev–Trinajstić information content (AvgIpc) is 1.35. The average molecular weight is 178 g/mol. The van der Waals surface area contributed by atoms with Gasteiger partial charge in [-0.05, 0) is 0 Å². The molecule has 0 bridgehead atoms. The van der Waals surface area contributed by atoms with Crippen LogP contribution in [0.5, 0.6) is 0 Å². The molecule has 0 rings (SSSR count). The van der Waals surface area contributed by atoms with Gasteiger partial charge in [0.05, 0.1) is 0 Å². The second-order valence-electron chi connectivity index (χ2n) is 0.572. The van der Waals surface area contributed by atoms with Crippen molar-refractivity contribution < 1.29 is 41.4 Å². The molecule has 0 aliphatic heterocycles. The standard InChI is InChI=1S/Fe.Li.H3O5P.H/c;;1-5-6(2,3)4;/h;;1H,(H2,2,3,4);. The molecule has 0 aliphatic carbocycles. The van der Waals surface area contributed by atoms with Gasteiger partial charge in [0, 0.05) is 17.1 Å². The van der Waals surface area contributed by atoms with Gasteiger partial charge >= 0.3 is 26.7 Å². The zero-order valence-electron chi connectivity index (χ0n) is 2.96. The number of rotatable bonds is 1. The molecular weight excluding hydrogens is 174 g/mol. The fourth-order valence-electron chi connectivity index (χ4n) is 0. The van der Waals surface area contributed by atoms with E-state index in [-0.39, 0.29) is 35.9 Å². The number of hydrogen-bond acceptors (Lipinski definition) is 3. The minimum absolute atomic E-state index is 0. The summed E-state index contributed by atoms with van der Waals surface area (Å²) in [5, 5.41) is 7.14. The summed E-state index contributed by atoms with van der Waals surface area (Å²) in [6.45, 7) is 0. The molecule has 0 aromatic rings. The molecule has 3 N–H and O–H groups in total. The minimum atomic E-state index is -4.59. The molecule has 8 heteroatoms. The molecule has 5 nitrogen and oxygen atoms in total. The van der Waals surface area contributed by atoms with Crippen LogP contribution < -0.4 is 0 Å². The molecule has 0 radical (unpaired) electrons. The van der Waals surface area contributed by atoms with Gasteiger partial charge in [0.25, 0.3) is 0 Å². The Kier molecular flexibility index (Phi) is 12.7. The molecule has 48 valence electrons. The van der Waals surface area contributed by atoms with Crippen molar-refractivity contribution in [3.05, 3.63) is 0 Å². The molecule has 0 aliphatic rings. The van der Waals surface area contributed by atoms with E-state index in [2.05, 4.69) is 4.67 Å². The molecule has 0 atom stereocenters. The Morgan fingerprint density at radius 3 is 1.50 bits per heavy atom. The molecule has 0 fully saturated rings. The van der Waals surface area contributed by atoms with Crippen LogP contribution in [-0.2, 0) is 26.3 Å². The van der Waals surface area contributed by atoms with Gasteiger partial charge in [-0.2, -0.15) is 0 Å². The summed E-state index contributed by atoms with van der Waals surface area (Å²) in [7, 11) is -4.59. The second-order valence-corrected chi connectivity index (χ2v) is 1.72. The van der Waals surface area contributed by atoms with Crippen molar-refractivity contribution in [1.29, 1.82) is 0 Å². The number of phosphoric acid groups is 1. The third kappa shape index (κ3) is 15.7. The number of hydrogen-bond donors (Lipinski definition) is 3. The third-order valence-corrected chi connectivity index (χ3v) is 0.319. The van der Waals surface area contributed by atoms with Crippen molar-refractivity contribution in [2.75, 3.05) is 0 Å². The van der Waals surface area contributed by atoms with E-state index in [4.69, 9.17) is 15.0 Å². The SMILES string of the molecule is O=P(O)(O)OO.[Fe].[LiH]. The fraction of sp³-hybridized carbons (Fsp3) is 0. The van der Waals surface area contributed by atoms with Crippen LogP contribution in [0, 0.1) is 0 Å². The summed E-state index contributed by atoms with van der Waals surface area (Å²) in [5.41, 5.74) is 0. The molecule has 0 heterocycles. The van der Waals surface area contributed by atoms with E-state index < -0.39 is 7.82 Å². The Labute approximate surface area is 68.2 Å². The zero-order chi connectivity index (χ0) is 5.21. The Balaban J connectivity index is -0.000000125. The van der Waals surface area contributed by atoms with Crippen molar-refractivity contribution >= 4 is 26.7 Å². The van der Waals surface area contributed by atoms with Crippen molar-refractivity contribution in [1.82, 2.24) is 0 Å². The van der Waals surface area contributed by atoms with Crippen LogP contribution in [0.4, 0.5) is 0 Å². The van der Waals surface area contributed by atoms with E-state index in [1.165, 1.54) is 0 Å². The Morgan fingerprint density at radius 1 is 1.38 bits per heavy atom. The van der Waals surface area contributed by atoms with E-state index >= 15 is 0 Å². The predicted octanol–water partition coefficient (Wildman–Crippen LogP) is -1.08. The first-order valence-corrected chi connectivity index (χ1v) is 2.48. The van der Waals surface area contributed by atoms with Crippen LogP contribution >= 0.6 is 7.82 Å². The van der Waals surface area contributed by atoms with Gasteiger partial charge in [0.2, 0.25) is 0 Å². The summed E-state index contributed by atoms with van der Waals surface area (Å²) in [4.78, 5) is 14.9. The Hall–Kier alpha value is 1.19. The van der Waals surface area contributed by atoms with E-state index in [1.807, 2.05) is 0 Å². The quantitative estimate of drug-likeness (QED) is 0.205. The van der Waals surface area contributed by atoms with Crippen LogP contribution in [0.25, 0.3) is 0 Å². The molecule has 0 aromatic carbocycles. The zero-order valence-corrected chi connectivity index (χ0v) is 4.96. The molecule has 0 spiro atoms. The van der Waals surface area contributed by atoms with Gasteiger partial charge in [-0.1, -0.05) is 0 Å². The van der Waals surface area contributed by atoms with Crippen molar-refractivity contribution in [2.45, 2.75) is 0 Å². The molecule has 8 heavy (non-hydrogen) atoms. The maximum atomic E-state index is 9.22. The van der Waals surface area contributed by atoms with Crippen LogP contribution in [-0.4, -0.2) is 33.9 Å². The first-order chi connectivity index (χ1) is 2.56. The van der Waals surface area contributed by atoms with Crippen LogP contribution in [0.3, 0.4) is 0 Å². The Bertz CT molecular complexity index is 76.5. The van der Waals surface area contributed by atoms with Gasteiger partial charge in [-0.25, -0.2) is 9.82 Å². The topological polar surface area (TPSA) is 87.0 Å². The van der Waals surface area contributed by atoms with Crippen LogP contribution in [0.1, 0.15) is 0 Å². The molecule has 0 saturated carbocycles. The van der Waals surface area contributed by atoms with Crippen LogP contribution in [0.2, 0.25) is 0 Å². The Morgan fingerprint density at radius 2 is 1.50 bits per heavy atom. The van der Waals surface area contributed by atoms with E-state index in [0.29, 0.717) is 0 Å². The van der Waals surface area contributed by atoms with E-state index in [1.54, 1.807) is 0 Å². The van der Waals surface area contributed by atoms with Gasteiger partial charge in [-0.3, -0.25) is 0 Å². The first kappa shape index (κ1) is 16.1. The van der Waals surface area contributed by atoms with Gasteiger partial charge in [-0.15, -0.1) is 4.67 Å². The summed E-state index contributed by atoms with van der Waals surface area (Å²) >= 11 is 0. The van der Waals surface area contributed by atoms with Gasteiger partial charge < -0.3 is 9.79 Å². The third-order valence-electron chi connectivity index (χ3n) is 0.106. The first-order valence-electron chi connectivity index (χ1n) is 0.948. The summed E-state index contributed by atoms with van der Waals surface area (Å²) in [5.74, 6) is 0. The maximum absolute atomic E-state index is 9.22. The van der Waals surface area contributed by atoms with Crippen molar-refractivity contribution in [2.24, 2.45) is 0 Å². The van der Waals surface area contributed by atoms with Crippen molar-refractivity contribution in [3.8, 4) is 0 Å².